The van der Waals surface area contributed by atoms with Crippen molar-refractivity contribution >= 4 is 17.4 Å². The van der Waals surface area contributed by atoms with E-state index in [1.807, 2.05) is 54.6 Å². The molecule has 6 heteroatoms. The number of aliphatic hydroxyl groups excluding tert-OH is 1. The van der Waals surface area contributed by atoms with Crippen LogP contribution in [0.15, 0.2) is 90.5 Å². The fraction of sp³-hybridized carbons (Fsp3) is 0.185. The second kappa shape index (κ2) is 10.1. The highest BCUT2D eigenvalue weighted by Crippen LogP contribution is 2.40. The molecule has 1 unspecified atom stereocenters. The van der Waals surface area contributed by atoms with Crippen molar-refractivity contribution in [1.29, 1.82) is 0 Å². The van der Waals surface area contributed by atoms with Gasteiger partial charge in [0.1, 0.15) is 18.1 Å². The number of ether oxygens (including phenoxy) is 2. The number of rotatable bonds is 8. The highest BCUT2D eigenvalue weighted by Gasteiger charge is 2.45. The molecule has 1 saturated heterocycles. The van der Waals surface area contributed by atoms with Crippen LogP contribution < -0.4 is 4.74 Å². The Morgan fingerprint density at radius 2 is 1.64 bits per heavy atom. The molecule has 0 bridgehead atoms. The fourth-order valence-corrected chi connectivity index (χ4v) is 3.91. The quantitative estimate of drug-likeness (QED) is 0.319. The van der Waals surface area contributed by atoms with E-state index in [1.165, 1.54) is 12.0 Å². The van der Waals surface area contributed by atoms with Crippen LogP contribution in [0.1, 0.15) is 22.7 Å². The van der Waals surface area contributed by atoms with E-state index in [2.05, 4.69) is 0 Å². The molecule has 0 radical (unpaired) electrons. The highest BCUT2D eigenvalue weighted by atomic mass is 16.5. The maximum Gasteiger partial charge on any atom is 0.295 e. The van der Waals surface area contributed by atoms with Crippen molar-refractivity contribution in [2.45, 2.75) is 12.6 Å². The van der Waals surface area contributed by atoms with Crippen molar-refractivity contribution in [1.82, 2.24) is 4.90 Å². The minimum Gasteiger partial charge on any atom is -0.507 e. The first kappa shape index (κ1) is 22.3. The summed E-state index contributed by atoms with van der Waals surface area (Å²) < 4.78 is 11.1. The molecule has 33 heavy (non-hydrogen) atoms. The second-order valence-electron chi connectivity index (χ2n) is 7.70. The molecular formula is C27H25NO5. The third-order valence-electron chi connectivity index (χ3n) is 5.55. The van der Waals surface area contributed by atoms with E-state index in [-0.39, 0.29) is 24.5 Å². The van der Waals surface area contributed by atoms with Crippen LogP contribution in [0.3, 0.4) is 0 Å². The van der Waals surface area contributed by atoms with Crippen molar-refractivity contribution in [3.63, 3.8) is 0 Å². The van der Waals surface area contributed by atoms with E-state index in [0.717, 1.165) is 5.56 Å². The molecule has 0 aromatic heterocycles. The van der Waals surface area contributed by atoms with Gasteiger partial charge in [-0.05, 0) is 23.3 Å². The lowest BCUT2D eigenvalue weighted by Gasteiger charge is -2.25. The maximum absolute atomic E-state index is 13.0. The van der Waals surface area contributed by atoms with Crippen LogP contribution in [-0.4, -0.2) is 42.0 Å². The Morgan fingerprint density at radius 1 is 0.939 bits per heavy atom. The van der Waals surface area contributed by atoms with Crippen molar-refractivity contribution in [3.05, 3.63) is 107 Å². The molecule has 1 amide bonds. The summed E-state index contributed by atoms with van der Waals surface area (Å²) in [5.41, 5.74) is 2.23. The molecule has 1 atom stereocenters. The molecule has 0 aliphatic carbocycles. The average Bonchev–Trinajstić information content (AvgIpc) is 3.12. The third kappa shape index (κ3) is 4.81. The van der Waals surface area contributed by atoms with Gasteiger partial charge in [-0.3, -0.25) is 9.59 Å². The topological polar surface area (TPSA) is 76.1 Å². The van der Waals surface area contributed by atoms with E-state index < -0.39 is 17.7 Å². The number of ketones is 1. The standard InChI is InChI=1S/C27H25NO5/c1-32-16-15-28-24(23(26(30)27(28)31)25(29)20-11-6-3-7-12-20)21-13-8-14-22(17-21)33-18-19-9-4-2-5-10-19/h2-14,17,24,29H,15-16,18H2,1H3/b25-23-. The number of carbonyl (C=O) groups excluding carboxylic acids is 2. The Balaban J connectivity index is 1.72. The highest BCUT2D eigenvalue weighted by molar-refractivity contribution is 6.46. The zero-order valence-corrected chi connectivity index (χ0v) is 18.3. The average molecular weight is 443 g/mol. The maximum atomic E-state index is 13.0. The SMILES string of the molecule is COCCN1C(=O)C(=O)/C(=C(\O)c2ccccc2)C1c1cccc(OCc2ccccc2)c1. The van der Waals surface area contributed by atoms with Gasteiger partial charge >= 0.3 is 0 Å². The lowest BCUT2D eigenvalue weighted by atomic mass is 9.95. The molecule has 1 N–H and O–H groups in total. The minimum absolute atomic E-state index is 0.0579. The normalized spacial score (nSPS) is 17.4. The zero-order chi connectivity index (χ0) is 23.2. The van der Waals surface area contributed by atoms with Gasteiger partial charge in [-0.1, -0.05) is 72.8 Å². The lowest BCUT2D eigenvalue weighted by Crippen LogP contribution is -2.32. The predicted molar refractivity (Wildman–Crippen MR) is 125 cm³/mol. The van der Waals surface area contributed by atoms with Crippen molar-refractivity contribution in [2.24, 2.45) is 0 Å². The predicted octanol–water partition coefficient (Wildman–Crippen LogP) is 4.33. The molecule has 168 valence electrons. The van der Waals surface area contributed by atoms with Gasteiger partial charge in [0.05, 0.1) is 18.2 Å². The smallest absolute Gasteiger partial charge is 0.295 e. The molecule has 3 aromatic carbocycles. The number of Topliss-reactive ketones (excluding diaryl/α,β-unsaturated/α-hetero) is 1. The molecule has 0 saturated carbocycles. The Bertz CT molecular complexity index is 1160. The van der Waals surface area contributed by atoms with Crippen molar-refractivity contribution in [2.75, 3.05) is 20.3 Å². The summed E-state index contributed by atoms with van der Waals surface area (Å²) in [4.78, 5) is 27.3. The van der Waals surface area contributed by atoms with Crippen LogP contribution in [0.4, 0.5) is 0 Å². The third-order valence-corrected chi connectivity index (χ3v) is 5.55. The number of nitrogens with zero attached hydrogens (tertiary/aromatic N) is 1. The van der Waals surface area contributed by atoms with E-state index in [4.69, 9.17) is 9.47 Å². The van der Waals surface area contributed by atoms with Gasteiger partial charge in [-0.2, -0.15) is 0 Å². The number of aliphatic hydroxyl groups is 1. The van der Waals surface area contributed by atoms with Crippen LogP contribution in [-0.2, 0) is 20.9 Å². The summed E-state index contributed by atoms with van der Waals surface area (Å²) in [5, 5.41) is 11.0. The molecule has 6 nitrogen and oxygen atoms in total. The molecule has 1 fully saturated rings. The summed E-state index contributed by atoms with van der Waals surface area (Å²) in [6.45, 7) is 0.865. The van der Waals surface area contributed by atoms with Gasteiger partial charge in [-0.15, -0.1) is 0 Å². The molecular weight excluding hydrogens is 418 g/mol. The lowest BCUT2D eigenvalue weighted by molar-refractivity contribution is -0.140. The first-order valence-corrected chi connectivity index (χ1v) is 10.7. The number of carbonyl (C=O) groups is 2. The van der Waals surface area contributed by atoms with Crippen LogP contribution in [0, 0.1) is 0 Å². The van der Waals surface area contributed by atoms with Gasteiger partial charge in [0.25, 0.3) is 11.7 Å². The Hall–Kier alpha value is -3.90. The van der Waals surface area contributed by atoms with Crippen LogP contribution >= 0.6 is 0 Å². The number of methoxy groups -OCH3 is 1. The summed E-state index contributed by atoms with van der Waals surface area (Å²) in [5.74, 6) is -0.971. The molecule has 1 heterocycles. The Morgan fingerprint density at radius 3 is 2.33 bits per heavy atom. The van der Waals surface area contributed by atoms with E-state index in [0.29, 0.717) is 23.5 Å². The van der Waals surface area contributed by atoms with Gasteiger partial charge < -0.3 is 19.5 Å². The molecule has 4 rings (SSSR count). The van der Waals surface area contributed by atoms with Gasteiger partial charge in [0.2, 0.25) is 0 Å². The number of amides is 1. The Kier molecular flexibility index (Phi) is 6.86. The number of hydrogen-bond acceptors (Lipinski definition) is 5. The van der Waals surface area contributed by atoms with Crippen LogP contribution in [0.25, 0.3) is 5.76 Å². The first-order valence-electron chi connectivity index (χ1n) is 10.7. The largest absolute Gasteiger partial charge is 0.507 e. The molecule has 0 spiro atoms. The number of benzene rings is 3. The van der Waals surface area contributed by atoms with Crippen LogP contribution in [0.2, 0.25) is 0 Å². The summed E-state index contributed by atoms with van der Waals surface area (Å²) in [6.07, 6.45) is 0. The van der Waals surface area contributed by atoms with E-state index in [1.54, 1.807) is 30.3 Å². The Labute approximate surface area is 192 Å². The molecule has 3 aromatic rings. The van der Waals surface area contributed by atoms with E-state index >= 15 is 0 Å². The zero-order valence-electron chi connectivity index (χ0n) is 18.3. The summed E-state index contributed by atoms with van der Waals surface area (Å²) in [7, 11) is 1.54. The summed E-state index contributed by atoms with van der Waals surface area (Å²) >= 11 is 0. The summed E-state index contributed by atoms with van der Waals surface area (Å²) in [6, 6.07) is 25.1. The van der Waals surface area contributed by atoms with Gasteiger partial charge in [0.15, 0.2) is 0 Å². The first-order chi connectivity index (χ1) is 16.1. The molecule has 1 aliphatic heterocycles. The minimum atomic E-state index is -0.749. The molecule has 1 aliphatic rings. The number of hydrogen-bond donors (Lipinski definition) is 1. The second-order valence-corrected chi connectivity index (χ2v) is 7.70. The van der Waals surface area contributed by atoms with Gasteiger partial charge in [-0.25, -0.2) is 0 Å². The van der Waals surface area contributed by atoms with Crippen molar-refractivity contribution < 1.29 is 24.2 Å². The van der Waals surface area contributed by atoms with Crippen molar-refractivity contribution in [3.8, 4) is 5.75 Å². The number of likely N-dealkylation sites (tertiary alicyclic amines) is 1. The van der Waals surface area contributed by atoms with Crippen LogP contribution in [0.5, 0.6) is 5.75 Å². The van der Waals surface area contributed by atoms with E-state index in [9.17, 15) is 14.7 Å². The monoisotopic (exact) mass is 443 g/mol. The van der Waals surface area contributed by atoms with Gasteiger partial charge in [0, 0.05) is 19.2 Å². The fourth-order valence-electron chi connectivity index (χ4n) is 3.91.